The van der Waals surface area contributed by atoms with Gasteiger partial charge in [0.05, 0.1) is 23.8 Å². The molecule has 2 aromatic carbocycles. The molecule has 0 aromatic heterocycles. The van der Waals surface area contributed by atoms with E-state index in [1.165, 1.54) is 0 Å². The number of anilines is 2. The first kappa shape index (κ1) is 17.4. The van der Waals surface area contributed by atoms with Crippen LogP contribution in [0.5, 0.6) is 0 Å². The quantitative estimate of drug-likeness (QED) is 0.831. The smallest absolute Gasteiger partial charge is 0.264 e. The van der Waals surface area contributed by atoms with Crippen LogP contribution in [0.3, 0.4) is 0 Å². The lowest BCUT2D eigenvalue weighted by Gasteiger charge is -2.29. The minimum Gasteiger partial charge on any atom is -0.378 e. The van der Waals surface area contributed by atoms with Crippen LogP contribution >= 0.6 is 0 Å². The van der Waals surface area contributed by atoms with Crippen LogP contribution in [-0.4, -0.2) is 41.3 Å². The van der Waals surface area contributed by atoms with E-state index in [9.17, 15) is 8.42 Å². The van der Waals surface area contributed by atoms with E-state index in [0.717, 1.165) is 60.8 Å². The highest BCUT2D eigenvalue weighted by Gasteiger charge is 2.31. The van der Waals surface area contributed by atoms with Gasteiger partial charge in [0, 0.05) is 25.3 Å². The van der Waals surface area contributed by atoms with E-state index in [1.54, 1.807) is 16.4 Å². The summed E-state index contributed by atoms with van der Waals surface area (Å²) in [7, 11) is -3.53. The first-order chi connectivity index (χ1) is 12.5. The van der Waals surface area contributed by atoms with Gasteiger partial charge in [-0.3, -0.25) is 4.31 Å². The Hall–Kier alpha value is -2.05. The minimum atomic E-state index is -3.53. The van der Waals surface area contributed by atoms with Gasteiger partial charge in [-0.2, -0.15) is 0 Å². The monoisotopic (exact) mass is 372 g/mol. The maximum Gasteiger partial charge on any atom is 0.264 e. The second kappa shape index (κ2) is 6.59. The normalized spacial score (nSPS) is 17.5. The zero-order valence-corrected chi connectivity index (χ0v) is 16.1. The Labute approximate surface area is 155 Å². The molecule has 0 saturated carbocycles. The van der Waals surface area contributed by atoms with E-state index >= 15 is 0 Å². The summed E-state index contributed by atoms with van der Waals surface area (Å²) in [4.78, 5) is 2.66. The average molecular weight is 372 g/mol. The standard InChI is InChI=1S/C20H24N2O3S/c1-15-3-5-19(13-16(15)2)26(23,24)22-8-7-17-14-18(4-6-20(17)22)21-9-11-25-12-10-21/h3-6,13-14H,7-12H2,1-2H3. The molecule has 0 bridgehead atoms. The lowest BCUT2D eigenvalue weighted by molar-refractivity contribution is 0.122. The molecule has 1 fully saturated rings. The Kier molecular flexibility index (Phi) is 4.40. The van der Waals surface area contributed by atoms with Crippen molar-refractivity contribution in [3.63, 3.8) is 0 Å². The Balaban J connectivity index is 1.65. The number of aryl methyl sites for hydroxylation is 2. The minimum absolute atomic E-state index is 0.366. The van der Waals surface area contributed by atoms with Gasteiger partial charge in [0.15, 0.2) is 0 Å². The van der Waals surface area contributed by atoms with Gasteiger partial charge in [0.2, 0.25) is 0 Å². The maximum atomic E-state index is 13.1. The fourth-order valence-corrected chi connectivity index (χ4v) is 5.22. The number of morpholine rings is 1. The maximum absolute atomic E-state index is 13.1. The number of benzene rings is 2. The van der Waals surface area contributed by atoms with Gasteiger partial charge in [0.25, 0.3) is 10.0 Å². The first-order valence-electron chi connectivity index (χ1n) is 9.02. The van der Waals surface area contributed by atoms with Crippen molar-refractivity contribution in [1.29, 1.82) is 0 Å². The second-order valence-electron chi connectivity index (χ2n) is 6.99. The summed E-state index contributed by atoms with van der Waals surface area (Å²) in [6, 6.07) is 11.5. The Bertz CT molecular complexity index is 934. The van der Waals surface area contributed by atoms with Crippen LogP contribution in [0.15, 0.2) is 41.3 Å². The van der Waals surface area contributed by atoms with E-state index < -0.39 is 10.0 Å². The molecule has 2 aliphatic rings. The van der Waals surface area contributed by atoms with Gasteiger partial charge in [-0.15, -0.1) is 0 Å². The molecule has 0 unspecified atom stereocenters. The number of fused-ring (bicyclic) bond motifs is 1. The third-order valence-corrected chi connectivity index (χ3v) is 7.17. The largest absolute Gasteiger partial charge is 0.378 e. The number of rotatable bonds is 3. The molecule has 2 aromatic rings. The van der Waals surface area contributed by atoms with Crippen LogP contribution in [0.25, 0.3) is 0 Å². The van der Waals surface area contributed by atoms with Crippen LogP contribution < -0.4 is 9.21 Å². The lowest BCUT2D eigenvalue weighted by atomic mass is 10.1. The molecule has 138 valence electrons. The zero-order chi connectivity index (χ0) is 18.3. The Morgan fingerprint density at radius 1 is 0.923 bits per heavy atom. The SMILES string of the molecule is Cc1ccc(S(=O)(=O)N2CCc3cc(N4CCOCC4)ccc32)cc1C. The van der Waals surface area contributed by atoms with Crippen molar-refractivity contribution in [2.45, 2.75) is 25.2 Å². The van der Waals surface area contributed by atoms with E-state index in [-0.39, 0.29) is 0 Å². The number of ether oxygens (including phenoxy) is 1. The van der Waals surface area contributed by atoms with Gasteiger partial charge < -0.3 is 9.64 Å². The molecule has 0 amide bonds. The van der Waals surface area contributed by atoms with Crippen molar-refractivity contribution in [2.24, 2.45) is 0 Å². The first-order valence-corrected chi connectivity index (χ1v) is 10.5. The van der Waals surface area contributed by atoms with Gasteiger partial charge in [0.1, 0.15) is 0 Å². The highest BCUT2D eigenvalue weighted by atomic mass is 32.2. The fourth-order valence-electron chi connectivity index (χ4n) is 3.63. The molecular weight excluding hydrogens is 348 g/mol. The van der Waals surface area contributed by atoms with Gasteiger partial charge in [-0.1, -0.05) is 6.07 Å². The molecule has 6 heteroatoms. The third-order valence-electron chi connectivity index (χ3n) is 5.36. The van der Waals surface area contributed by atoms with Crippen LogP contribution in [-0.2, 0) is 21.2 Å². The van der Waals surface area contributed by atoms with Crippen molar-refractivity contribution in [3.8, 4) is 0 Å². The van der Waals surface area contributed by atoms with Crippen LogP contribution in [0, 0.1) is 13.8 Å². The topological polar surface area (TPSA) is 49.9 Å². The Morgan fingerprint density at radius 2 is 1.69 bits per heavy atom. The predicted molar refractivity (Wildman–Crippen MR) is 104 cm³/mol. The van der Waals surface area contributed by atoms with Crippen molar-refractivity contribution in [1.82, 2.24) is 0 Å². The lowest BCUT2D eigenvalue weighted by Crippen LogP contribution is -2.36. The number of hydrogen-bond acceptors (Lipinski definition) is 4. The van der Waals surface area contributed by atoms with E-state index in [0.29, 0.717) is 11.4 Å². The number of hydrogen-bond donors (Lipinski definition) is 0. The Morgan fingerprint density at radius 3 is 2.42 bits per heavy atom. The summed E-state index contributed by atoms with van der Waals surface area (Å²) in [5.74, 6) is 0. The summed E-state index contributed by atoms with van der Waals surface area (Å²) in [5, 5.41) is 0. The molecular formula is C20H24N2O3S. The summed E-state index contributed by atoms with van der Waals surface area (Å²) >= 11 is 0. The van der Waals surface area contributed by atoms with Crippen LogP contribution in [0.2, 0.25) is 0 Å². The average Bonchev–Trinajstić information content (AvgIpc) is 3.08. The zero-order valence-electron chi connectivity index (χ0n) is 15.2. The van der Waals surface area contributed by atoms with E-state index in [4.69, 9.17) is 4.74 Å². The van der Waals surface area contributed by atoms with Crippen LogP contribution in [0.1, 0.15) is 16.7 Å². The molecule has 2 heterocycles. The fraction of sp³-hybridized carbons (Fsp3) is 0.400. The summed E-state index contributed by atoms with van der Waals surface area (Å²) in [6.45, 7) is 7.67. The summed E-state index contributed by atoms with van der Waals surface area (Å²) in [5.41, 5.74) is 5.15. The summed E-state index contributed by atoms with van der Waals surface area (Å²) < 4.78 is 33.3. The molecule has 0 radical (unpaired) electrons. The second-order valence-corrected chi connectivity index (χ2v) is 8.85. The van der Waals surface area contributed by atoms with E-state index in [2.05, 4.69) is 11.0 Å². The summed E-state index contributed by atoms with van der Waals surface area (Å²) in [6.07, 6.45) is 0.748. The molecule has 0 aliphatic carbocycles. The molecule has 0 atom stereocenters. The molecule has 5 nitrogen and oxygen atoms in total. The highest BCUT2D eigenvalue weighted by Crippen LogP contribution is 2.36. The molecule has 1 saturated heterocycles. The number of sulfonamides is 1. The molecule has 0 spiro atoms. The van der Waals surface area contributed by atoms with Gasteiger partial charge in [-0.25, -0.2) is 8.42 Å². The van der Waals surface area contributed by atoms with Crippen LogP contribution in [0.4, 0.5) is 11.4 Å². The molecule has 2 aliphatic heterocycles. The van der Waals surface area contributed by atoms with Gasteiger partial charge >= 0.3 is 0 Å². The van der Waals surface area contributed by atoms with Gasteiger partial charge in [-0.05, 0) is 67.3 Å². The molecule has 0 N–H and O–H groups in total. The highest BCUT2D eigenvalue weighted by molar-refractivity contribution is 7.92. The predicted octanol–water partition coefficient (Wildman–Crippen LogP) is 2.89. The third kappa shape index (κ3) is 2.97. The van der Waals surface area contributed by atoms with Crippen molar-refractivity contribution in [2.75, 3.05) is 42.1 Å². The van der Waals surface area contributed by atoms with Crippen molar-refractivity contribution < 1.29 is 13.2 Å². The molecule has 26 heavy (non-hydrogen) atoms. The van der Waals surface area contributed by atoms with Crippen molar-refractivity contribution >= 4 is 21.4 Å². The van der Waals surface area contributed by atoms with Crippen molar-refractivity contribution in [3.05, 3.63) is 53.1 Å². The number of nitrogens with zero attached hydrogens (tertiary/aromatic N) is 2. The molecule has 4 rings (SSSR count). The van der Waals surface area contributed by atoms with E-state index in [1.807, 2.05) is 32.0 Å².